The van der Waals surface area contributed by atoms with Gasteiger partial charge in [0.2, 0.25) is 5.91 Å². The highest BCUT2D eigenvalue weighted by atomic mass is 16.3. The molecule has 21 heavy (non-hydrogen) atoms. The molecule has 0 spiro atoms. The Labute approximate surface area is 124 Å². The summed E-state index contributed by atoms with van der Waals surface area (Å²) in [4.78, 5) is 16.2. The van der Waals surface area contributed by atoms with E-state index in [-0.39, 0.29) is 18.4 Å². The number of aromatic nitrogens is 1. The van der Waals surface area contributed by atoms with E-state index in [9.17, 15) is 4.79 Å². The molecule has 2 N–H and O–H groups in total. The van der Waals surface area contributed by atoms with Crippen LogP contribution in [0.3, 0.4) is 0 Å². The molecule has 0 aliphatic heterocycles. The molecular weight excluding hydrogens is 264 g/mol. The van der Waals surface area contributed by atoms with Crippen LogP contribution >= 0.6 is 0 Å². The lowest BCUT2D eigenvalue weighted by Crippen LogP contribution is -2.26. The predicted molar refractivity (Wildman–Crippen MR) is 84.7 cm³/mol. The number of carbonyl (C=O) groups is 1. The van der Waals surface area contributed by atoms with Crippen LogP contribution in [0.25, 0.3) is 17.0 Å². The highest BCUT2D eigenvalue weighted by Gasteiger charge is 2.02. The van der Waals surface area contributed by atoms with Gasteiger partial charge in [-0.25, -0.2) is 4.98 Å². The molecule has 0 saturated carbocycles. The fourth-order valence-corrected chi connectivity index (χ4v) is 1.99. The van der Waals surface area contributed by atoms with Gasteiger partial charge in [-0.15, -0.1) is 0 Å². The van der Waals surface area contributed by atoms with Crippen LogP contribution in [0, 0.1) is 5.92 Å². The number of nitrogens with one attached hydrogen (secondary N) is 1. The number of carbonyl (C=O) groups excluding carboxylic acids is 1. The van der Waals surface area contributed by atoms with E-state index in [1.807, 2.05) is 43.3 Å². The summed E-state index contributed by atoms with van der Waals surface area (Å²) >= 11 is 0. The summed E-state index contributed by atoms with van der Waals surface area (Å²) in [5.74, 6) is 0.126. The van der Waals surface area contributed by atoms with Crippen LogP contribution in [0.1, 0.15) is 19.0 Å². The van der Waals surface area contributed by atoms with E-state index in [1.54, 1.807) is 6.08 Å². The van der Waals surface area contributed by atoms with Crippen LogP contribution < -0.4 is 5.32 Å². The Kier molecular flexibility index (Phi) is 5.46. The number of benzene rings is 1. The third-order valence-corrected chi connectivity index (χ3v) is 3.27. The minimum atomic E-state index is -0.144. The number of rotatable bonds is 6. The second-order valence-corrected chi connectivity index (χ2v) is 5.12. The van der Waals surface area contributed by atoms with Crippen LogP contribution in [0.2, 0.25) is 0 Å². The summed E-state index contributed by atoms with van der Waals surface area (Å²) in [5.41, 5.74) is 1.67. The number of hydrogen-bond acceptors (Lipinski definition) is 3. The highest BCUT2D eigenvalue weighted by molar-refractivity contribution is 5.91. The quantitative estimate of drug-likeness (QED) is 0.801. The Bertz CT molecular complexity index is 637. The molecule has 110 valence electrons. The fraction of sp³-hybridized carbons (Fsp3) is 0.294. The average Bonchev–Trinajstić information content (AvgIpc) is 2.51. The maximum Gasteiger partial charge on any atom is 0.244 e. The molecule has 2 rings (SSSR count). The predicted octanol–water partition coefficient (Wildman–Crippen LogP) is 2.38. The first kappa shape index (κ1) is 15.2. The van der Waals surface area contributed by atoms with E-state index in [0.29, 0.717) is 13.0 Å². The van der Waals surface area contributed by atoms with Gasteiger partial charge in [0.25, 0.3) is 0 Å². The van der Waals surface area contributed by atoms with Gasteiger partial charge < -0.3 is 10.4 Å². The molecule has 4 heteroatoms. The molecule has 0 aliphatic rings. The van der Waals surface area contributed by atoms with Gasteiger partial charge in [0.05, 0.1) is 11.2 Å². The Morgan fingerprint density at radius 2 is 2.14 bits per heavy atom. The topological polar surface area (TPSA) is 62.2 Å². The molecule has 0 bridgehead atoms. The fourth-order valence-electron chi connectivity index (χ4n) is 1.99. The van der Waals surface area contributed by atoms with Crippen molar-refractivity contribution in [1.82, 2.24) is 10.3 Å². The third-order valence-electron chi connectivity index (χ3n) is 3.27. The largest absolute Gasteiger partial charge is 0.396 e. The maximum atomic E-state index is 11.7. The second-order valence-electron chi connectivity index (χ2n) is 5.12. The number of aliphatic hydroxyl groups is 1. The van der Waals surface area contributed by atoms with Crippen molar-refractivity contribution in [2.24, 2.45) is 5.92 Å². The minimum absolute atomic E-state index is 0.144. The second kappa shape index (κ2) is 7.55. The number of nitrogens with zero attached hydrogens (tertiary/aromatic N) is 1. The number of pyridine rings is 1. The zero-order valence-electron chi connectivity index (χ0n) is 12.1. The lowest BCUT2D eigenvalue weighted by molar-refractivity contribution is -0.116. The Morgan fingerprint density at radius 1 is 1.33 bits per heavy atom. The van der Waals surface area contributed by atoms with Crippen LogP contribution in [0.15, 0.2) is 42.5 Å². The first-order valence-corrected chi connectivity index (χ1v) is 7.11. The lowest BCUT2D eigenvalue weighted by Gasteiger charge is -2.09. The van der Waals surface area contributed by atoms with Gasteiger partial charge in [0.15, 0.2) is 0 Å². The Balaban J connectivity index is 1.94. The smallest absolute Gasteiger partial charge is 0.244 e. The molecule has 0 fully saturated rings. The van der Waals surface area contributed by atoms with Crippen molar-refractivity contribution < 1.29 is 9.90 Å². The van der Waals surface area contributed by atoms with Gasteiger partial charge in [-0.2, -0.15) is 0 Å². The molecule has 0 radical (unpaired) electrons. The SMILES string of the molecule is CC(CCO)CNC(=O)/C=C/c1ccc2ccccc2n1. The van der Waals surface area contributed by atoms with Crippen LogP contribution in [-0.4, -0.2) is 29.1 Å². The van der Waals surface area contributed by atoms with Gasteiger partial charge in [-0.3, -0.25) is 4.79 Å². The van der Waals surface area contributed by atoms with Gasteiger partial charge >= 0.3 is 0 Å². The van der Waals surface area contributed by atoms with Crippen molar-refractivity contribution in [2.75, 3.05) is 13.2 Å². The summed E-state index contributed by atoms with van der Waals surface area (Å²) in [6, 6.07) is 11.7. The molecule has 1 unspecified atom stereocenters. The molecule has 1 aromatic carbocycles. The van der Waals surface area contributed by atoms with Crippen molar-refractivity contribution in [2.45, 2.75) is 13.3 Å². The van der Waals surface area contributed by atoms with E-state index < -0.39 is 0 Å². The van der Waals surface area contributed by atoms with Crippen LogP contribution in [-0.2, 0) is 4.79 Å². The first-order chi connectivity index (χ1) is 10.2. The van der Waals surface area contributed by atoms with Gasteiger partial charge in [0, 0.05) is 24.6 Å². The molecule has 1 aromatic heterocycles. The van der Waals surface area contributed by atoms with E-state index in [2.05, 4.69) is 10.3 Å². The molecule has 1 amide bonds. The molecule has 2 aromatic rings. The van der Waals surface area contributed by atoms with E-state index in [1.165, 1.54) is 6.08 Å². The average molecular weight is 284 g/mol. The zero-order chi connectivity index (χ0) is 15.1. The number of fused-ring (bicyclic) bond motifs is 1. The zero-order valence-corrected chi connectivity index (χ0v) is 12.1. The normalized spacial score (nSPS) is 12.7. The summed E-state index contributed by atoms with van der Waals surface area (Å²) in [6.07, 6.45) is 3.89. The molecule has 1 atom stereocenters. The molecule has 4 nitrogen and oxygen atoms in total. The number of hydrogen-bond donors (Lipinski definition) is 2. The number of amides is 1. The minimum Gasteiger partial charge on any atom is -0.396 e. The third kappa shape index (κ3) is 4.68. The summed E-state index contributed by atoms with van der Waals surface area (Å²) in [5, 5.41) is 12.7. The Morgan fingerprint density at radius 3 is 2.95 bits per heavy atom. The Hall–Kier alpha value is -2.20. The van der Waals surface area contributed by atoms with E-state index in [0.717, 1.165) is 16.6 Å². The summed E-state index contributed by atoms with van der Waals surface area (Å²) in [6.45, 7) is 2.70. The maximum absolute atomic E-state index is 11.7. The monoisotopic (exact) mass is 284 g/mol. The van der Waals surface area contributed by atoms with Gasteiger partial charge in [0.1, 0.15) is 0 Å². The van der Waals surface area contributed by atoms with Crippen LogP contribution in [0.5, 0.6) is 0 Å². The molecule has 0 saturated heterocycles. The van der Waals surface area contributed by atoms with Crippen molar-refractivity contribution >= 4 is 22.9 Å². The van der Waals surface area contributed by atoms with E-state index >= 15 is 0 Å². The highest BCUT2D eigenvalue weighted by Crippen LogP contribution is 2.12. The molecule has 0 aliphatic carbocycles. The van der Waals surface area contributed by atoms with Crippen molar-refractivity contribution in [3.8, 4) is 0 Å². The molecular formula is C17H20N2O2. The first-order valence-electron chi connectivity index (χ1n) is 7.11. The van der Waals surface area contributed by atoms with Gasteiger partial charge in [-0.05, 0) is 30.5 Å². The lowest BCUT2D eigenvalue weighted by atomic mass is 10.1. The standard InChI is InChI=1S/C17H20N2O2/c1-13(10-11-20)12-18-17(21)9-8-15-7-6-14-4-2-3-5-16(14)19-15/h2-9,13,20H,10-12H2,1H3,(H,18,21)/b9-8+. The van der Waals surface area contributed by atoms with Gasteiger partial charge in [-0.1, -0.05) is 31.2 Å². The van der Waals surface area contributed by atoms with Crippen molar-refractivity contribution in [1.29, 1.82) is 0 Å². The van der Waals surface area contributed by atoms with Crippen molar-refractivity contribution in [3.63, 3.8) is 0 Å². The number of aliphatic hydroxyl groups excluding tert-OH is 1. The van der Waals surface area contributed by atoms with Crippen molar-refractivity contribution in [3.05, 3.63) is 48.2 Å². The summed E-state index contributed by atoms with van der Waals surface area (Å²) in [7, 11) is 0. The van der Waals surface area contributed by atoms with E-state index in [4.69, 9.17) is 5.11 Å². The molecule has 1 heterocycles. The number of para-hydroxylation sites is 1. The van der Waals surface area contributed by atoms with Crippen LogP contribution in [0.4, 0.5) is 0 Å². The summed E-state index contributed by atoms with van der Waals surface area (Å²) < 4.78 is 0.